The van der Waals surface area contributed by atoms with Gasteiger partial charge in [-0.3, -0.25) is 9.59 Å². The van der Waals surface area contributed by atoms with Crippen LogP contribution in [-0.2, 0) is 16.0 Å². The zero-order chi connectivity index (χ0) is 19.0. The molecule has 1 amide bonds. The Kier molecular flexibility index (Phi) is 4.72. The van der Waals surface area contributed by atoms with Crippen molar-refractivity contribution in [1.82, 2.24) is 9.80 Å². The van der Waals surface area contributed by atoms with E-state index in [2.05, 4.69) is 4.90 Å². The predicted molar refractivity (Wildman–Crippen MR) is 97.8 cm³/mol. The Labute approximate surface area is 158 Å². The second-order valence-electron chi connectivity index (χ2n) is 7.84. The smallest absolute Gasteiger partial charge is 0.311 e. The summed E-state index contributed by atoms with van der Waals surface area (Å²) in [6.07, 6.45) is 3.19. The summed E-state index contributed by atoms with van der Waals surface area (Å²) < 4.78 is 10.7. The van der Waals surface area contributed by atoms with Crippen molar-refractivity contribution >= 4 is 11.9 Å². The summed E-state index contributed by atoms with van der Waals surface area (Å²) in [7, 11) is 1.97. The van der Waals surface area contributed by atoms with Gasteiger partial charge < -0.3 is 24.4 Å². The van der Waals surface area contributed by atoms with E-state index in [1.807, 2.05) is 30.1 Å². The monoisotopic (exact) mass is 374 g/mol. The molecule has 1 N–H and O–H groups in total. The normalized spacial score (nSPS) is 27.3. The fraction of sp³-hybridized carbons (Fsp3) is 0.600. The van der Waals surface area contributed by atoms with E-state index in [4.69, 9.17) is 9.47 Å². The lowest BCUT2D eigenvalue weighted by Crippen LogP contribution is -2.63. The maximum atomic E-state index is 12.8. The number of rotatable bonds is 4. The van der Waals surface area contributed by atoms with Crippen LogP contribution in [0.1, 0.15) is 31.2 Å². The van der Waals surface area contributed by atoms with Crippen LogP contribution in [0.4, 0.5) is 0 Å². The molecule has 7 nitrogen and oxygen atoms in total. The molecule has 1 aromatic rings. The highest BCUT2D eigenvalue weighted by atomic mass is 16.7. The molecule has 0 unspecified atom stereocenters. The van der Waals surface area contributed by atoms with Gasteiger partial charge in [0.15, 0.2) is 11.5 Å². The predicted octanol–water partition coefficient (Wildman–Crippen LogP) is 1.75. The Morgan fingerprint density at radius 1 is 1.22 bits per heavy atom. The number of hydrogen-bond acceptors (Lipinski definition) is 5. The molecule has 2 atom stereocenters. The zero-order valence-corrected chi connectivity index (χ0v) is 15.6. The minimum atomic E-state index is -0.716. The SMILES string of the molecule is CN1CCC[C@]2(C(=O)O)CCN(C(=O)CCc3ccc4c(c3)OCO4)C[C@@H]12. The summed E-state index contributed by atoms with van der Waals surface area (Å²) in [5, 5.41) is 9.84. The summed E-state index contributed by atoms with van der Waals surface area (Å²) in [6.45, 7) is 2.16. The molecule has 4 rings (SSSR count). The van der Waals surface area contributed by atoms with E-state index >= 15 is 0 Å². The van der Waals surface area contributed by atoms with Gasteiger partial charge in [-0.1, -0.05) is 6.07 Å². The van der Waals surface area contributed by atoms with Crippen molar-refractivity contribution < 1.29 is 24.2 Å². The lowest BCUT2D eigenvalue weighted by molar-refractivity contribution is -0.165. The molecule has 3 aliphatic heterocycles. The minimum absolute atomic E-state index is 0.0885. The molecule has 3 aliphatic rings. The van der Waals surface area contributed by atoms with Crippen molar-refractivity contribution in [3.63, 3.8) is 0 Å². The number of aliphatic carboxylic acids is 1. The Bertz CT molecular complexity index is 752. The van der Waals surface area contributed by atoms with Crippen LogP contribution in [0, 0.1) is 5.41 Å². The van der Waals surface area contributed by atoms with Crippen LogP contribution in [-0.4, -0.2) is 66.3 Å². The molecule has 146 valence electrons. The van der Waals surface area contributed by atoms with Crippen LogP contribution in [0.15, 0.2) is 18.2 Å². The average molecular weight is 374 g/mol. The number of carboxylic acids is 1. The molecule has 27 heavy (non-hydrogen) atoms. The number of carbonyl (C=O) groups excluding carboxylic acids is 1. The third-order valence-corrected chi connectivity index (χ3v) is 6.37. The number of ether oxygens (including phenoxy) is 2. The van der Waals surface area contributed by atoms with Crippen molar-refractivity contribution in [3.05, 3.63) is 23.8 Å². The van der Waals surface area contributed by atoms with Crippen molar-refractivity contribution in [2.24, 2.45) is 5.41 Å². The number of carboxylic acid groups (broad SMARTS) is 1. The quantitative estimate of drug-likeness (QED) is 0.865. The molecule has 0 aromatic heterocycles. The lowest BCUT2D eigenvalue weighted by atomic mass is 9.68. The number of hydrogen-bond donors (Lipinski definition) is 1. The minimum Gasteiger partial charge on any atom is -0.481 e. The molecule has 0 radical (unpaired) electrons. The lowest BCUT2D eigenvalue weighted by Gasteiger charge is -2.51. The van der Waals surface area contributed by atoms with Gasteiger partial charge in [-0.05, 0) is 57.0 Å². The van der Waals surface area contributed by atoms with E-state index in [1.165, 1.54) is 0 Å². The molecule has 2 saturated heterocycles. The van der Waals surface area contributed by atoms with Crippen LogP contribution in [0.5, 0.6) is 11.5 Å². The number of likely N-dealkylation sites (tertiary alicyclic amines) is 2. The van der Waals surface area contributed by atoms with Crippen molar-refractivity contribution in [1.29, 1.82) is 0 Å². The van der Waals surface area contributed by atoms with E-state index in [-0.39, 0.29) is 18.7 Å². The highest BCUT2D eigenvalue weighted by molar-refractivity contribution is 5.79. The summed E-state index contributed by atoms with van der Waals surface area (Å²) in [5.41, 5.74) is 0.334. The largest absolute Gasteiger partial charge is 0.481 e. The van der Waals surface area contributed by atoms with Crippen LogP contribution in [0.2, 0.25) is 0 Å². The number of piperidine rings is 2. The summed E-state index contributed by atoms with van der Waals surface area (Å²) in [6, 6.07) is 5.66. The number of carbonyl (C=O) groups is 2. The molecule has 0 aliphatic carbocycles. The Hall–Kier alpha value is -2.28. The van der Waals surface area contributed by atoms with Crippen molar-refractivity contribution in [3.8, 4) is 11.5 Å². The standard InChI is InChI=1S/C20H26N2O5/c1-21-9-2-7-20(19(24)25)8-10-22(12-17(20)21)18(23)6-4-14-3-5-15-16(11-14)27-13-26-15/h3,5,11,17H,2,4,6-10,12-13H2,1H3,(H,24,25)/t17-,20+/m1/s1. The molecular weight excluding hydrogens is 348 g/mol. The van der Waals surface area contributed by atoms with Gasteiger partial charge in [-0.25, -0.2) is 0 Å². The molecular formula is C20H26N2O5. The summed E-state index contributed by atoms with van der Waals surface area (Å²) in [4.78, 5) is 28.7. The summed E-state index contributed by atoms with van der Waals surface area (Å²) >= 11 is 0. The zero-order valence-electron chi connectivity index (χ0n) is 15.6. The highest BCUT2D eigenvalue weighted by Gasteiger charge is 2.52. The first kappa shape index (κ1) is 18.1. The first-order valence-electron chi connectivity index (χ1n) is 9.59. The van der Waals surface area contributed by atoms with Crippen LogP contribution >= 0.6 is 0 Å². The molecule has 2 fully saturated rings. The Balaban J connectivity index is 1.39. The van der Waals surface area contributed by atoms with Gasteiger partial charge in [0.25, 0.3) is 0 Å². The van der Waals surface area contributed by atoms with Crippen LogP contribution < -0.4 is 9.47 Å². The van der Waals surface area contributed by atoms with Crippen molar-refractivity contribution in [2.75, 3.05) is 33.5 Å². The van der Waals surface area contributed by atoms with Gasteiger partial charge in [0, 0.05) is 25.6 Å². The third kappa shape index (κ3) is 3.25. The van der Waals surface area contributed by atoms with E-state index < -0.39 is 11.4 Å². The Morgan fingerprint density at radius 2 is 2.04 bits per heavy atom. The molecule has 7 heteroatoms. The van der Waals surface area contributed by atoms with Gasteiger partial charge in [-0.2, -0.15) is 0 Å². The maximum absolute atomic E-state index is 12.8. The van der Waals surface area contributed by atoms with Gasteiger partial charge in [0.1, 0.15) is 0 Å². The number of aryl methyl sites for hydroxylation is 1. The summed E-state index contributed by atoms with van der Waals surface area (Å²) in [5.74, 6) is 0.844. The van der Waals surface area contributed by atoms with Gasteiger partial charge >= 0.3 is 5.97 Å². The molecule has 1 aromatic carbocycles. The van der Waals surface area contributed by atoms with E-state index in [1.54, 1.807) is 0 Å². The maximum Gasteiger partial charge on any atom is 0.311 e. The van der Waals surface area contributed by atoms with Gasteiger partial charge in [0.05, 0.1) is 5.41 Å². The first-order chi connectivity index (χ1) is 13.0. The fourth-order valence-corrected chi connectivity index (χ4v) is 4.72. The van der Waals surface area contributed by atoms with E-state index in [9.17, 15) is 14.7 Å². The molecule has 0 bridgehead atoms. The first-order valence-corrected chi connectivity index (χ1v) is 9.59. The fourth-order valence-electron chi connectivity index (χ4n) is 4.72. The molecule has 0 spiro atoms. The van der Waals surface area contributed by atoms with E-state index in [0.717, 1.165) is 30.0 Å². The second kappa shape index (κ2) is 7.03. The number of likely N-dealkylation sites (N-methyl/N-ethyl adjacent to an activating group) is 1. The average Bonchev–Trinajstić information content (AvgIpc) is 3.13. The van der Waals surface area contributed by atoms with Gasteiger partial charge in [0.2, 0.25) is 12.7 Å². The van der Waals surface area contributed by atoms with E-state index in [0.29, 0.717) is 38.8 Å². The second-order valence-corrected chi connectivity index (χ2v) is 7.84. The Morgan fingerprint density at radius 3 is 2.85 bits per heavy atom. The third-order valence-electron chi connectivity index (χ3n) is 6.37. The highest BCUT2D eigenvalue weighted by Crippen LogP contribution is 2.42. The van der Waals surface area contributed by atoms with Crippen LogP contribution in [0.3, 0.4) is 0 Å². The molecule has 3 heterocycles. The number of benzene rings is 1. The van der Waals surface area contributed by atoms with Gasteiger partial charge in [-0.15, -0.1) is 0 Å². The topological polar surface area (TPSA) is 79.3 Å². The van der Waals surface area contributed by atoms with Crippen molar-refractivity contribution in [2.45, 2.75) is 38.1 Å². The number of amides is 1. The van der Waals surface area contributed by atoms with Crippen LogP contribution in [0.25, 0.3) is 0 Å². The number of fused-ring (bicyclic) bond motifs is 2. The number of nitrogens with zero attached hydrogens (tertiary/aromatic N) is 2. The molecule has 0 saturated carbocycles.